The number of hydrogen-bond donors (Lipinski definition) is 2. The Morgan fingerprint density at radius 2 is 2.03 bits per heavy atom. The second-order valence-corrected chi connectivity index (χ2v) is 8.64. The largest absolute Gasteiger partial charge is 0.494 e. The maximum atomic E-state index is 12.5. The summed E-state index contributed by atoms with van der Waals surface area (Å²) >= 11 is 0. The van der Waals surface area contributed by atoms with Crippen LogP contribution < -0.4 is 19.5 Å². The normalized spacial score (nSPS) is 15.0. The van der Waals surface area contributed by atoms with Gasteiger partial charge in [0.1, 0.15) is 17.6 Å². The fourth-order valence-corrected chi connectivity index (χ4v) is 4.13. The lowest BCUT2D eigenvalue weighted by atomic mass is 10.1. The van der Waals surface area contributed by atoms with E-state index in [-0.39, 0.29) is 30.0 Å². The van der Waals surface area contributed by atoms with Crippen molar-refractivity contribution >= 4 is 15.9 Å². The summed E-state index contributed by atoms with van der Waals surface area (Å²) in [4.78, 5) is 12.6. The summed E-state index contributed by atoms with van der Waals surface area (Å²) in [6, 6.07) is 9.51. The zero-order valence-electron chi connectivity index (χ0n) is 16.9. The maximum absolute atomic E-state index is 12.5. The van der Waals surface area contributed by atoms with Crippen LogP contribution in [0.1, 0.15) is 35.3 Å². The number of amides is 1. The van der Waals surface area contributed by atoms with Crippen LogP contribution in [0.5, 0.6) is 11.5 Å². The summed E-state index contributed by atoms with van der Waals surface area (Å²) in [7, 11) is -3.70. The minimum atomic E-state index is -3.70. The van der Waals surface area contributed by atoms with Gasteiger partial charge in [0.2, 0.25) is 10.0 Å². The number of sulfonamides is 1. The third kappa shape index (κ3) is 4.93. The average Bonchev–Trinajstić information content (AvgIpc) is 3.09. The van der Waals surface area contributed by atoms with Gasteiger partial charge in [-0.05, 0) is 50.2 Å². The lowest BCUT2D eigenvalue weighted by Crippen LogP contribution is -2.25. The van der Waals surface area contributed by atoms with Gasteiger partial charge in [-0.1, -0.05) is 5.92 Å². The predicted octanol–water partition coefficient (Wildman–Crippen LogP) is 2.25. The van der Waals surface area contributed by atoms with Crippen molar-refractivity contribution in [1.29, 1.82) is 0 Å². The Morgan fingerprint density at radius 3 is 2.70 bits per heavy atom. The van der Waals surface area contributed by atoms with Crippen LogP contribution in [0.2, 0.25) is 0 Å². The summed E-state index contributed by atoms with van der Waals surface area (Å²) in [6.07, 6.45) is 6.02. The first-order valence-electron chi connectivity index (χ1n) is 9.60. The van der Waals surface area contributed by atoms with Crippen LogP contribution in [0.3, 0.4) is 0 Å². The first-order chi connectivity index (χ1) is 14.3. The summed E-state index contributed by atoms with van der Waals surface area (Å²) in [5.74, 6) is 3.41. The number of ether oxygens (including phenoxy) is 2. The molecule has 1 heterocycles. The lowest BCUT2D eigenvalue weighted by molar-refractivity contribution is 0.0950. The van der Waals surface area contributed by atoms with Crippen LogP contribution in [0.25, 0.3) is 0 Å². The van der Waals surface area contributed by atoms with Crippen molar-refractivity contribution in [3.63, 3.8) is 0 Å². The smallest absolute Gasteiger partial charge is 0.251 e. The van der Waals surface area contributed by atoms with Gasteiger partial charge in [-0.15, -0.1) is 6.42 Å². The summed E-state index contributed by atoms with van der Waals surface area (Å²) in [5.41, 5.74) is 2.25. The molecule has 8 heteroatoms. The molecule has 0 bridgehead atoms. The standard InChI is InChI=1S/C22H24N2O5S/c1-4-10-24-30(26,27)19-8-6-16(7-9-19)22(25)23-14-18-13-21-17(11-15(3)29-21)12-20(18)28-5-2/h1,6-9,12-13,15,24H,5,10-11,14H2,2-3H3,(H,23,25)/t15-/m1/s1. The number of hydrogen-bond acceptors (Lipinski definition) is 5. The van der Waals surface area contributed by atoms with E-state index in [0.717, 1.165) is 29.0 Å². The van der Waals surface area contributed by atoms with Crippen molar-refractivity contribution in [2.75, 3.05) is 13.2 Å². The molecule has 0 aliphatic carbocycles. The zero-order valence-corrected chi connectivity index (χ0v) is 17.7. The van der Waals surface area contributed by atoms with Crippen LogP contribution in [-0.4, -0.2) is 33.6 Å². The van der Waals surface area contributed by atoms with Crippen LogP contribution in [0, 0.1) is 12.3 Å². The van der Waals surface area contributed by atoms with E-state index < -0.39 is 10.0 Å². The molecule has 0 spiro atoms. The Morgan fingerprint density at radius 1 is 1.30 bits per heavy atom. The molecule has 1 atom stereocenters. The van der Waals surface area contributed by atoms with Crippen molar-refractivity contribution in [1.82, 2.24) is 10.0 Å². The molecule has 0 radical (unpaired) electrons. The molecular weight excluding hydrogens is 404 g/mol. The first-order valence-corrected chi connectivity index (χ1v) is 11.1. The number of nitrogens with one attached hydrogen (secondary N) is 2. The van der Waals surface area contributed by atoms with E-state index in [2.05, 4.69) is 16.0 Å². The highest BCUT2D eigenvalue weighted by atomic mass is 32.2. The van der Waals surface area contributed by atoms with Gasteiger partial charge >= 0.3 is 0 Å². The van der Waals surface area contributed by atoms with E-state index in [9.17, 15) is 13.2 Å². The van der Waals surface area contributed by atoms with Gasteiger partial charge in [-0.25, -0.2) is 8.42 Å². The summed E-state index contributed by atoms with van der Waals surface area (Å²) in [5, 5.41) is 2.84. The summed E-state index contributed by atoms with van der Waals surface area (Å²) < 4.78 is 37.9. The van der Waals surface area contributed by atoms with Gasteiger partial charge in [-0.2, -0.15) is 4.72 Å². The number of terminal acetylenes is 1. The van der Waals surface area contributed by atoms with Gasteiger partial charge in [0.15, 0.2) is 0 Å². The molecule has 7 nitrogen and oxygen atoms in total. The number of carbonyl (C=O) groups excluding carboxylic acids is 1. The van der Waals surface area contributed by atoms with Crippen LogP contribution in [-0.2, 0) is 23.0 Å². The van der Waals surface area contributed by atoms with E-state index >= 15 is 0 Å². The fraction of sp³-hybridized carbons (Fsp3) is 0.318. The molecule has 0 fully saturated rings. The topological polar surface area (TPSA) is 93.7 Å². The minimum Gasteiger partial charge on any atom is -0.494 e. The Labute approximate surface area is 176 Å². The Kier molecular flexibility index (Phi) is 6.65. The van der Waals surface area contributed by atoms with E-state index in [1.807, 2.05) is 26.0 Å². The van der Waals surface area contributed by atoms with E-state index in [4.69, 9.17) is 15.9 Å². The third-order valence-corrected chi connectivity index (χ3v) is 6.03. The Balaban J connectivity index is 1.70. The fourth-order valence-electron chi connectivity index (χ4n) is 3.19. The summed E-state index contributed by atoms with van der Waals surface area (Å²) in [6.45, 7) is 4.58. The van der Waals surface area contributed by atoms with Crippen molar-refractivity contribution in [3.05, 3.63) is 53.1 Å². The highest BCUT2D eigenvalue weighted by Crippen LogP contribution is 2.35. The molecule has 1 aliphatic heterocycles. The van der Waals surface area contributed by atoms with Crippen LogP contribution >= 0.6 is 0 Å². The number of fused-ring (bicyclic) bond motifs is 1. The SMILES string of the molecule is C#CCNS(=O)(=O)c1ccc(C(=O)NCc2cc3c(cc2OCC)C[C@@H](C)O3)cc1. The van der Waals surface area contributed by atoms with Crippen molar-refractivity contribution in [2.45, 2.75) is 37.8 Å². The number of benzene rings is 2. The molecule has 0 unspecified atom stereocenters. The molecule has 3 rings (SSSR count). The predicted molar refractivity (Wildman–Crippen MR) is 113 cm³/mol. The molecule has 30 heavy (non-hydrogen) atoms. The third-order valence-electron chi connectivity index (χ3n) is 4.61. The molecule has 1 aliphatic rings. The molecule has 0 aromatic heterocycles. The number of carbonyl (C=O) groups is 1. The molecule has 0 saturated carbocycles. The average molecular weight is 429 g/mol. The van der Waals surface area contributed by atoms with Gasteiger partial charge in [0.25, 0.3) is 5.91 Å². The Bertz CT molecular complexity index is 1070. The van der Waals surface area contributed by atoms with Gasteiger partial charge in [-0.3, -0.25) is 4.79 Å². The molecular formula is C22H24N2O5S. The molecule has 1 amide bonds. The molecule has 2 aromatic rings. The second-order valence-electron chi connectivity index (χ2n) is 6.87. The van der Waals surface area contributed by atoms with Gasteiger partial charge in [0, 0.05) is 29.7 Å². The van der Waals surface area contributed by atoms with Crippen LogP contribution in [0.4, 0.5) is 0 Å². The first kappa shape index (κ1) is 21.7. The van der Waals surface area contributed by atoms with Crippen molar-refractivity contribution < 1.29 is 22.7 Å². The molecule has 2 aromatic carbocycles. The van der Waals surface area contributed by atoms with Crippen LogP contribution in [0.15, 0.2) is 41.3 Å². The molecule has 158 valence electrons. The molecule has 2 N–H and O–H groups in total. The van der Waals surface area contributed by atoms with E-state index in [1.165, 1.54) is 24.3 Å². The maximum Gasteiger partial charge on any atom is 0.251 e. The highest BCUT2D eigenvalue weighted by Gasteiger charge is 2.22. The number of rotatable bonds is 8. The van der Waals surface area contributed by atoms with Gasteiger partial charge in [0.05, 0.1) is 18.0 Å². The van der Waals surface area contributed by atoms with E-state index in [0.29, 0.717) is 12.2 Å². The van der Waals surface area contributed by atoms with Crippen molar-refractivity contribution in [3.8, 4) is 23.8 Å². The van der Waals surface area contributed by atoms with E-state index in [1.54, 1.807) is 0 Å². The highest BCUT2D eigenvalue weighted by molar-refractivity contribution is 7.89. The monoisotopic (exact) mass is 428 g/mol. The lowest BCUT2D eigenvalue weighted by Gasteiger charge is -2.13. The quantitative estimate of drug-likeness (QED) is 0.629. The second kappa shape index (κ2) is 9.20. The molecule has 0 saturated heterocycles. The Hall–Kier alpha value is -3.02. The zero-order chi connectivity index (χ0) is 21.7. The van der Waals surface area contributed by atoms with Gasteiger partial charge < -0.3 is 14.8 Å². The van der Waals surface area contributed by atoms with Crippen molar-refractivity contribution in [2.24, 2.45) is 0 Å². The minimum absolute atomic E-state index is 0.0397.